The summed E-state index contributed by atoms with van der Waals surface area (Å²) in [4.78, 5) is 4.56. The molecule has 0 N–H and O–H groups in total. The lowest BCUT2D eigenvalue weighted by Gasteiger charge is -2.41. The average molecular weight is 710 g/mol. The van der Waals surface area contributed by atoms with E-state index in [4.69, 9.17) is 13.3 Å². The highest BCUT2D eigenvalue weighted by molar-refractivity contribution is 7.00. The van der Waals surface area contributed by atoms with Crippen LogP contribution in [0.3, 0.4) is 0 Å². The van der Waals surface area contributed by atoms with Gasteiger partial charge in [-0.3, -0.25) is 0 Å². The summed E-state index contributed by atoms with van der Waals surface area (Å²) in [6, 6.07) is 42.2. The Balaban J connectivity index is 1.35. The number of anilines is 6. The standard InChI is InChI=1S/C49H47BN2O2/c1-30-10-18-35(19-11-30)51(36-20-12-31(2)13-21-36)38-28-42-46-44(29-38)54-47-45(39-26-32(3)14-25-43(39)53-47)50(46)40-27-34(49(7,8)9)17-24-41(40)52(42)37-22-15-33(16-23-37)48(4,5)6/h10-29H,1-9H3/i1D3. The van der Waals surface area contributed by atoms with Crippen LogP contribution in [0.5, 0.6) is 11.7 Å². The third-order valence-electron chi connectivity index (χ3n) is 11.1. The molecule has 0 unspecified atom stereocenters. The molecule has 3 heterocycles. The Labute approximate surface area is 324 Å². The maximum Gasteiger partial charge on any atom is 0.285 e. The zero-order chi connectivity index (χ0) is 40.2. The molecular formula is C49H47BN2O2. The molecule has 1 aromatic heterocycles. The summed E-state index contributed by atoms with van der Waals surface area (Å²) in [6.45, 7) is 15.4. The van der Waals surface area contributed by atoms with Gasteiger partial charge in [-0.2, -0.15) is 0 Å². The summed E-state index contributed by atoms with van der Waals surface area (Å²) in [7, 11) is 0. The quantitative estimate of drug-likeness (QED) is 0.170. The molecule has 0 saturated carbocycles. The van der Waals surface area contributed by atoms with Gasteiger partial charge >= 0.3 is 0 Å². The van der Waals surface area contributed by atoms with Crippen LogP contribution >= 0.6 is 0 Å². The van der Waals surface area contributed by atoms with Gasteiger partial charge < -0.3 is 19.0 Å². The first-order valence-corrected chi connectivity index (χ1v) is 18.9. The number of aryl methyl sites for hydroxylation is 3. The highest BCUT2D eigenvalue weighted by atomic mass is 16.6. The second-order valence-corrected chi connectivity index (χ2v) is 17.1. The van der Waals surface area contributed by atoms with E-state index in [1.54, 1.807) is 12.1 Å². The first-order valence-electron chi connectivity index (χ1n) is 20.4. The van der Waals surface area contributed by atoms with E-state index >= 15 is 0 Å². The topological polar surface area (TPSA) is 28.9 Å². The molecule has 0 spiro atoms. The van der Waals surface area contributed by atoms with Crippen molar-refractivity contribution >= 4 is 68.2 Å². The van der Waals surface area contributed by atoms with E-state index in [0.717, 1.165) is 72.9 Å². The zero-order valence-electron chi connectivity index (χ0n) is 35.3. The van der Waals surface area contributed by atoms with E-state index in [1.807, 2.05) is 18.2 Å². The minimum Gasteiger partial charge on any atom is -0.427 e. The van der Waals surface area contributed by atoms with E-state index < -0.39 is 6.85 Å². The molecule has 6 aromatic carbocycles. The molecular weight excluding hydrogens is 659 g/mol. The third-order valence-corrected chi connectivity index (χ3v) is 11.1. The van der Waals surface area contributed by atoms with Gasteiger partial charge in [0.1, 0.15) is 11.3 Å². The molecule has 7 aromatic rings. The van der Waals surface area contributed by atoms with Gasteiger partial charge in [0.05, 0.1) is 5.69 Å². The predicted octanol–water partition coefficient (Wildman–Crippen LogP) is 11.8. The number of nitrogens with zero attached hydrogens (tertiary/aromatic N) is 2. The van der Waals surface area contributed by atoms with E-state index in [9.17, 15) is 0 Å². The molecule has 0 fully saturated rings. The van der Waals surface area contributed by atoms with E-state index in [1.165, 1.54) is 16.6 Å². The predicted molar refractivity (Wildman–Crippen MR) is 228 cm³/mol. The van der Waals surface area contributed by atoms with Crippen LogP contribution in [0.4, 0.5) is 34.1 Å². The van der Waals surface area contributed by atoms with Gasteiger partial charge in [0.15, 0.2) is 0 Å². The molecule has 0 saturated heterocycles. The Morgan fingerprint density at radius 2 is 1.22 bits per heavy atom. The molecule has 54 heavy (non-hydrogen) atoms. The van der Waals surface area contributed by atoms with Crippen molar-refractivity contribution in [2.75, 3.05) is 9.80 Å². The average Bonchev–Trinajstić information content (AvgIpc) is 3.51. The summed E-state index contributed by atoms with van der Waals surface area (Å²) < 4.78 is 37.7. The Morgan fingerprint density at radius 1 is 0.593 bits per heavy atom. The van der Waals surface area contributed by atoms with Crippen LogP contribution in [-0.4, -0.2) is 6.71 Å². The number of ether oxygens (including phenoxy) is 1. The fraction of sp³-hybridized carbons (Fsp3) is 0.224. The minimum absolute atomic E-state index is 0.00151. The van der Waals surface area contributed by atoms with Crippen LogP contribution in [0.25, 0.3) is 11.0 Å². The Hall–Kier alpha value is -5.68. The van der Waals surface area contributed by atoms with Crippen LogP contribution in [0.2, 0.25) is 0 Å². The second-order valence-electron chi connectivity index (χ2n) is 17.1. The van der Waals surface area contributed by atoms with Crippen LogP contribution in [0, 0.1) is 20.7 Å². The zero-order valence-corrected chi connectivity index (χ0v) is 32.3. The maximum atomic E-state index is 8.04. The van der Waals surface area contributed by atoms with Crippen molar-refractivity contribution in [3.63, 3.8) is 0 Å². The van der Waals surface area contributed by atoms with Gasteiger partial charge in [-0.1, -0.05) is 113 Å². The van der Waals surface area contributed by atoms with Crippen LogP contribution < -0.4 is 30.9 Å². The molecule has 5 heteroatoms. The number of furan rings is 1. The lowest BCUT2D eigenvalue weighted by molar-refractivity contribution is 0.364. The number of benzene rings is 6. The van der Waals surface area contributed by atoms with Gasteiger partial charge in [0, 0.05) is 49.5 Å². The summed E-state index contributed by atoms with van der Waals surface area (Å²) in [5.74, 6) is 1.23. The second kappa shape index (κ2) is 12.2. The molecule has 0 bridgehead atoms. The Morgan fingerprint density at radius 3 is 1.87 bits per heavy atom. The highest BCUT2D eigenvalue weighted by Crippen LogP contribution is 2.47. The number of hydrogen-bond acceptors (Lipinski definition) is 4. The van der Waals surface area contributed by atoms with E-state index in [-0.39, 0.29) is 17.5 Å². The van der Waals surface area contributed by atoms with Crippen molar-refractivity contribution in [1.82, 2.24) is 0 Å². The largest absolute Gasteiger partial charge is 0.427 e. The van der Waals surface area contributed by atoms with E-state index in [2.05, 4.69) is 156 Å². The normalized spacial score (nSPS) is 14.4. The molecule has 0 atom stereocenters. The van der Waals surface area contributed by atoms with Gasteiger partial charge in [0.2, 0.25) is 0 Å². The fourth-order valence-electron chi connectivity index (χ4n) is 8.12. The molecule has 9 rings (SSSR count). The van der Waals surface area contributed by atoms with Crippen molar-refractivity contribution in [3.05, 3.63) is 149 Å². The molecule has 2 aliphatic rings. The van der Waals surface area contributed by atoms with Crippen molar-refractivity contribution in [3.8, 4) is 11.7 Å². The highest BCUT2D eigenvalue weighted by Gasteiger charge is 2.45. The minimum atomic E-state index is -2.21. The van der Waals surface area contributed by atoms with Crippen molar-refractivity contribution < 1.29 is 13.3 Å². The van der Waals surface area contributed by atoms with Crippen LogP contribution in [-0.2, 0) is 10.8 Å². The van der Waals surface area contributed by atoms with Gasteiger partial charge in [0.25, 0.3) is 12.7 Å². The SMILES string of the molecule is [2H]C([2H])([2H])c1ccc(N(c2ccc(C)cc2)c2cc3c4c(c2)N(c2ccc(C(C)(C)C)cc2)c2ccc(C(C)(C)C)cc2B4c2c(oc4ccc(C)cc24)O3)cc1. The third kappa shape index (κ3) is 5.60. The summed E-state index contributed by atoms with van der Waals surface area (Å²) >= 11 is 0. The number of fused-ring (bicyclic) bond motifs is 6. The lowest BCUT2D eigenvalue weighted by atomic mass is 9.34. The van der Waals surface area contributed by atoms with Crippen molar-refractivity contribution in [1.29, 1.82) is 0 Å². The fourth-order valence-corrected chi connectivity index (χ4v) is 8.12. The first-order chi connectivity index (χ1) is 27.0. The summed E-state index contributed by atoms with van der Waals surface area (Å²) in [5.41, 5.74) is 15.0. The van der Waals surface area contributed by atoms with Gasteiger partial charge in [-0.15, -0.1) is 0 Å². The molecule has 0 aliphatic carbocycles. The molecule has 4 nitrogen and oxygen atoms in total. The lowest BCUT2D eigenvalue weighted by Crippen LogP contribution is -2.59. The van der Waals surface area contributed by atoms with Crippen molar-refractivity contribution in [2.24, 2.45) is 0 Å². The molecule has 268 valence electrons. The Bertz CT molecular complexity index is 2680. The van der Waals surface area contributed by atoms with Gasteiger partial charge in [-0.25, -0.2) is 0 Å². The monoisotopic (exact) mass is 709 g/mol. The van der Waals surface area contributed by atoms with Crippen LogP contribution in [0.1, 0.15) is 73.5 Å². The van der Waals surface area contributed by atoms with Gasteiger partial charge in [-0.05, 0) is 114 Å². The molecule has 2 aliphatic heterocycles. The maximum absolute atomic E-state index is 8.04. The van der Waals surface area contributed by atoms with Crippen LogP contribution in [0.15, 0.2) is 126 Å². The number of rotatable bonds is 4. The Kier molecular flexibility index (Phi) is 6.93. The van der Waals surface area contributed by atoms with Crippen molar-refractivity contribution in [2.45, 2.75) is 73.1 Å². The smallest absolute Gasteiger partial charge is 0.285 e. The first kappa shape index (κ1) is 30.8. The molecule has 0 amide bonds. The summed E-state index contributed by atoms with van der Waals surface area (Å²) in [6.07, 6.45) is 0. The number of hydrogen-bond donors (Lipinski definition) is 0. The van der Waals surface area contributed by atoms with E-state index in [0.29, 0.717) is 11.5 Å². The molecule has 0 radical (unpaired) electrons. The summed E-state index contributed by atoms with van der Waals surface area (Å²) in [5, 5.41) is 1.06.